The maximum atomic E-state index is 10.9. The predicted octanol–water partition coefficient (Wildman–Crippen LogP) is -0.288. The Kier molecular flexibility index (Phi) is 2.83. The Morgan fingerprint density at radius 3 is 2.64 bits per heavy atom. The molecule has 0 aromatic heterocycles. The van der Waals surface area contributed by atoms with Crippen molar-refractivity contribution < 1.29 is 13.5 Å². The summed E-state index contributed by atoms with van der Waals surface area (Å²) >= 11 is 3.90. The lowest BCUT2D eigenvalue weighted by Gasteiger charge is -2.12. The van der Waals surface area contributed by atoms with Crippen LogP contribution in [0.3, 0.4) is 0 Å². The molecule has 2 unspecified atom stereocenters. The molecule has 0 saturated carbocycles. The van der Waals surface area contributed by atoms with Crippen LogP contribution in [-0.4, -0.2) is 36.9 Å². The van der Waals surface area contributed by atoms with Gasteiger partial charge in [-0.25, -0.2) is 8.42 Å². The molecule has 1 fully saturated rings. The van der Waals surface area contributed by atoms with Crippen molar-refractivity contribution in [3.63, 3.8) is 0 Å². The Bertz CT molecular complexity index is 222. The summed E-state index contributed by atoms with van der Waals surface area (Å²) < 4.78 is 21.9. The average molecular weight is 196 g/mol. The molecule has 0 aromatic carbocycles. The third-order valence-corrected chi connectivity index (χ3v) is 4.17. The maximum absolute atomic E-state index is 10.9. The van der Waals surface area contributed by atoms with Gasteiger partial charge in [0, 0.05) is 11.7 Å². The normalized spacial score (nSPS) is 32.0. The number of hydrogen-bond acceptors (Lipinski definition) is 4. The van der Waals surface area contributed by atoms with Gasteiger partial charge in [-0.1, -0.05) is 0 Å². The fraction of sp³-hybridized carbons (Fsp3) is 1.00. The van der Waals surface area contributed by atoms with E-state index in [1.807, 2.05) is 0 Å². The van der Waals surface area contributed by atoms with Crippen molar-refractivity contribution in [3.8, 4) is 0 Å². The molecule has 2 atom stereocenters. The Balaban J connectivity index is 2.55. The van der Waals surface area contributed by atoms with Gasteiger partial charge >= 0.3 is 0 Å². The molecule has 0 spiro atoms. The summed E-state index contributed by atoms with van der Waals surface area (Å²) in [5.41, 5.74) is 0. The third-order valence-electron chi connectivity index (χ3n) is 2.00. The van der Waals surface area contributed by atoms with Gasteiger partial charge in [0.25, 0.3) is 0 Å². The molecule has 1 rings (SSSR count). The van der Waals surface area contributed by atoms with E-state index in [2.05, 4.69) is 12.6 Å². The van der Waals surface area contributed by atoms with Gasteiger partial charge in [-0.2, -0.15) is 12.6 Å². The zero-order valence-electron chi connectivity index (χ0n) is 6.10. The Morgan fingerprint density at radius 1 is 1.64 bits per heavy atom. The van der Waals surface area contributed by atoms with Crippen LogP contribution < -0.4 is 0 Å². The van der Waals surface area contributed by atoms with E-state index in [1.54, 1.807) is 0 Å². The fourth-order valence-corrected chi connectivity index (χ4v) is 3.44. The van der Waals surface area contributed by atoms with Crippen molar-refractivity contribution >= 4 is 22.5 Å². The van der Waals surface area contributed by atoms with Gasteiger partial charge in [0.05, 0.1) is 17.6 Å². The van der Waals surface area contributed by atoms with Gasteiger partial charge in [-0.05, 0) is 6.42 Å². The minimum absolute atomic E-state index is 0.0856. The number of thiol groups is 1. The first-order chi connectivity index (χ1) is 5.05. The van der Waals surface area contributed by atoms with Gasteiger partial charge in [0.15, 0.2) is 9.84 Å². The highest BCUT2D eigenvalue weighted by Gasteiger charge is 2.31. The second-order valence-corrected chi connectivity index (χ2v) is 5.51. The van der Waals surface area contributed by atoms with E-state index < -0.39 is 15.9 Å². The molecule has 0 amide bonds. The van der Waals surface area contributed by atoms with Crippen LogP contribution in [0.1, 0.15) is 6.42 Å². The molecule has 66 valence electrons. The molecule has 1 heterocycles. The molecule has 0 radical (unpaired) electrons. The zero-order valence-corrected chi connectivity index (χ0v) is 7.81. The van der Waals surface area contributed by atoms with Crippen LogP contribution in [0.4, 0.5) is 0 Å². The van der Waals surface area contributed by atoms with Gasteiger partial charge < -0.3 is 5.11 Å². The van der Waals surface area contributed by atoms with Crippen molar-refractivity contribution in [1.29, 1.82) is 0 Å². The second-order valence-electron chi connectivity index (χ2n) is 2.91. The SMILES string of the molecule is O=S1(=O)CCC(C(O)CS)C1. The van der Waals surface area contributed by atoms with E-state index in [0.29, 0.717) is 12.2 Å². The topological polar surface area (TPSA) is 54.4 Å². The smallest absolute Gasteiger partial charge is 0.150 e. The number of aliphatic hydroxyl groups excluding tert-OH is 1. The Hall–Kier alpha value is 0.260. The van der Waals surface area contributed by atoms with Crippen molar-refractivity contribution in [2.24, 2.45) is 5.92 Å². The minimum Gasteiger partial charge on any atom is -0.392 e. The summed E-state index contributed by atoms with van der Waals surface area (Å²) in [4.78, 5) is 0. The summed E-state index contributed by atoms with van der Waals surface area (Å²) in [5, 5.41) is 9.25. The summed E-state index contributed by atoms with van der Waals surface area (Å²) in [7, 11) is -2.84. The molecular formula is C6H12O3S2. The molecular weight excluding hydrogens is 184 g/mol. The van der Waals surface area contributed by atoms with Gasteiger partial charge in [0.1, 0.15) is 0 Å². The van der Waals surface area contributed by atoms with Crippen LogP contribution >= 0.6 is 12.6 Å². The quantitative estimate of drug-likeness (QED) is 0.597. The largest absolute Gasteiger partial charge is 0.392 e. The van der Waals surface area contributed by atoms with E-state index in [9.17, 15) is 13.5 Å². The molecule has 0 aliphatic carbocycles. The Morgan fingerprint density at radius 2 is 2.27 bits per heavy atom. The van der Waals surface area contributed by atoms with Crippen LogP contribution in [0.2, 0.25) is 0 Å². The first-order valence-corrected chi connectivity index (χ1v) is 6.00. The predicted molar refractivity (Wildman–Crippen MR) is 46.6 cm³/mol. The Labute approximate surface area is 72.1 Å². The lowest BCUT2D eigenvalue weighted by molar-refractivity contribution is 0.143. The molecule has 1 aliphatic heterocycles. The summed E-state index contributed by atoms with van der Waals surface area (Å²) in [5.74, 6) is 0.620. The first kappa shape index (κ1) is 9.35. The molecule has 3 nitrogen and oxygen atoms in total. The average Bonchev–Trinajstić information content (AvgIpc) is 2.29. The van der Waals surface area contributed by atoms with E-state index in [1.165, 1.54) is 0 Å². The van der Waals surface area contributed by atoms with Crippen LogP contribution in [0.5, 0.6) is 0 Å². The molecule has 11 heavy (non-hydrogen) atoms. The van der Waals surface area contributed by atoms with Gasteiger partial charge in [0.2, 0.25) is 0 Å². The fourth-order valence-electron chi connectivity index (χ4n) is 1.28. The highest BCUT2D eigenvalue weighted by Crippen LogP contribution is 2.22. The molecule has 0 bridgehead atoms. The molecule has 5 heteroatoms. The van der Waals surface area contributed by atoms with Gasteiger partial charge in [-0.15, -0.1) is 0 Å². The molecule has 1 saturated heterocycles. The highest BCUT2D eigenvalue weighted by atomic mass is 32.2. The molecule has 0 aromatic rings. The number of sulfone groups is 1. The second kappa shape index (κ2) is 3.33. The van der Waals surface area contributed by atoms with Crippen molar-refractivity contribution in [1.82, 2.24) is 0 Å². The van der Waals surface area contributed by atoms with Crippen LogP contribution in [-0.2, 0) is 9.84 Å². The van der Waals surface area contributed by atoms with Crippen LogP contribution in [0, 0.1) is 5.92 Å². The van der Waals surface area contributed by atoms with E-state index >= 15 is 0 Å². The summed E-state index contributed by atoms with van der Waals surface area (Å²) in [6.45, 7) is 0. The first-order valence-electron chi connectivity index (χ1n) is 3.54. The number of hydrogen-bond donors (Lipinski definition) is 2. The monoisotopic (exact) mass is 196 g/mol. The summed E-state index contributed by atoms with van der Waals surface area (Å²) in [6.07, 6.45) is 0.0277. The van der Waals surface area contributed by atoms with E-state index in [4.69, 9.17) is 0 Å². The van der Waals surface area contributed by atoms with Crippen molar-refractivity contribution in [2.45, 2.75) is 12.5 Å². The zero-order chi connectivity index (χ0) is 8.48. The molecule has 1 N–H and O–H groups in total. The minimum atomic E-state index is -2.84. The van der Waals surface area contributed by atoms with Crippen LogP contribution in [0.25, 0.3) is 0 Å². The summed E-state index contributed by atoms with van der Waals surface area (Å²) in [6, 6.07) is 0. The van der Waals surface area contributed by atoms with E-state index in [0.717, 1.165) is 0 Å². The number of aliphatic hydroxyl groups is 1. The van der Waals surface area contributed by atoms with Crippen molar-refractivity contribution in [3.05, 3.63) is 0 Å². The lowest BCUT2D eigenvalue weighted by atomic mass is 10.0. The number of rotatable bonds is 2. The van der Waals surface area contributed by atoms with Crippen molar-refractivity contribution in [2.75, 3.05) is 17.3 Å². The molecule has 1 aliphatic rings. The maximum Gasteiger partial charge on any atom is 0.150 e. The lowest BCUT2D eigenvalue weighted by Crippen LogP contribution is -2.22. The third kappa shape index (κ3) is 2.35. The van der Waals surface area contributed by atoms with Crippen LogP contribution in [0.15, 0.2) is 0 Å². The van der Waals surface area contributed by atoms with Gasteiger partial charge in [-0.3, -0.25) is 0 Å². The van der Waals surface area contributed by atoms with E-state index in [-0.39, 0.29) is 17.4 Å². The highest BCUT2D eigenvalue weighted by molar-refractivity contribution is 7.91. The standard InChI is InChI=1S/C6H12O3S2/c7-6(3-10)5-1-2-11(8,9)4-5/h5-7,10H,1-4H2.